The van der Waals surface area contributed by atoms with Gasteiger partial charge in [-0.2, -0.15) is 0 Å². The Hall–Kier alpha value is -3.95. The quantitative estimate of drug-likeness (QED) is 0.0624. The number of ether oxygens (including phenoxy) is 2. The molecule has 5 amide bonds. The second-order valence-corrected chi connectivity index (χ2v) is 12.7. The normalized spacial score (nSPS) is 12.5. The van der Waals surface area contributed by atoms with Crippen molar-refractivity contribution in [3.05, 3.63) is 70.1 Å². The number of carbonyl (C=O) groups is 4. The maximum absolute atomic E-state index is 14.5. The number of hydrogen-bond acceptors (Lipinski definition) is 8. The van der Waals surface area contributed by atoms with Crippen LogP contribution >= 0.6 is 22.9 Å². The maximum Gasteiger partial charge on any atom is 0.404 e. The number of amides is 5. The number of nitrogens with zero attached hydrogens (tertiary/aromatic N) is 2. The summed E-state index contributed by atoms with van der Waals surface area (Å²) in [6.45, 7) is 6.81. The van der Waals surface area contributed by atoms with Crippen molar-refractivity contribution in [1.82, 2.24) is 31.3 Å². The summed E-state index contributed by atoms with van der Waals surface area (Å²) in [6.07, 6.45) is -0.656. The predicted octanol–water partition coefficient (Wildman–Crippen LogP) is 4.94. The van der Waals surface area contributed by atoms with E-state index in [1.165, 1.54) is 5.01 Å². The van der Waals surface area contributed by atoms with E-state index in [2.05, 4.69) is 21.4 Å². The summed E-state index contributed by atoms with van der Waals surface area (Å²) in [4.78, 5) is 52.9. The van der Waals surface area contributed by atoms with Gasteiger partial charge < -0.3 is 35.4 Å². The fraction of sp³-hybridized carbons (Fsp3) is 0.471. The standard InChI is InChI=1S/C34H47ClN6O7S/c1-5-47-32(48-6-2)23(3)41(20-25-22-49-29-13-8-7-11-27(25)29)31(43)28(12-9-10-18-36-34(45)46)38-30(42)21-40(4)39-33(44)37-19-24-14-16-26(35)17-15-24/h7-8,11,13-17,22-23,28,32,36H,5-6,9-10,12,18-21H2,1-4H3,(H,38,42)(H,45,46)(H2,37,39,44). The van der Waals surface area contributed by atoms with Crippen molar-refractivity contribution in [2.75, 3.05) is 33.4 Å². The molecule has 2 atom stereocenters. The Balaban J connectivity index is 1.76. The number of nitrogens with one attached hydrogen (secondary N) is 4. The summed E-state index contributed by atoms with van der Waals surface area (Å²) < 4.78 is 12.9. The molecule has 0 saturated carbocycles. The lowest BCUT2D eigenvalue weighted by atomic mass is 10.0. The summed E-state index contributed by atoms with van der Waals surface area (Å²) in [5.41, 5.74) is 4.41. The van der Waals surface area contributed by atoms with Crippen LogP contribution in [0.1, 0.15) is 51.2 Å². The van der Waals surface area contributed by atoms with Crippen molar-refractivity contribution in [3.8, 4) is 0 Å². The molecule has 13 nitrogen and oxygen atoms in total. The lowest BCUT2D eigenvalue weighted by Crippen LogP contribution is -2.56. The highest BCUT2D eigenvalue weighted by Crippen LogP contribution is 2.28. The summed E-state index contributed by atoms with van der Waals surface area (Å²) in [7, 11) is 1.54. The van der Waals surface area contributed by atoms with Crippen LogP contribution in [0.5, 0.6) is 0 Å². The smallest absolute Gasteiger partial charge is 0.404 e. The molecular weight excluding hydrogens is 672 g/mol. The van der Waals surface area contributed by atoms with Crippen molar-refractivity contribution in [2.24, 2.45) is 0 Å². The van der Waals surface area contributed by atoms with Gasteiger partial charge in [0, 0.05) is 49.6 Å². The van der Waals surface area contributed by atoms with Crippen LogP contribution in [-0.2, 0) is 32.2 Å². The number of carboxylic acid groups (broad SMARTS) is 1. The molecule has 3 rings (SSSR count). The Bertz CT molecular complexity index is 1500. The number of hydrogen-bond donors (Lipinski definition) is 5. The van der Waals surface area contributed by atoms with Gasteiger partial charge in [0.05, 0.1) is 12.6 Å². The molecule has 2 aromatic carbocycles. The number of fused-ring (bicyclic) bond motifs is 1. The van der Waals surface area contributed by atoms with E-state index < -0.39 is 36.4 Å². The van der Waals surface area contributed by atoms with Crippen molar-refractivity contribution in [2.45, 2.75) is 71.5 Å². The minimum Gasteiger partial charge on any atom is -0.465 e. The molecule has 1 heterocycles. The van der Waals surface area contributed by atoms with Crippen LogP contribution in [0.2, 0.25) is 5.02 Å². The first kappa shape index (κ1) is 39.5. The molecule has 0 aliphatic heterocycles. The molecule has 0 bridgehead atoms. The van der Waals surface area contributed by atoms with Crippen molar-refractivity contribution in [3.63, 3.8) is 0 Å². The zero-order chi connectivity index (χ0) is 35.8. The van der Waals surface area contributed by atoms with Crippen LogP contribution in [0, 0.1) is 0 Å². The first-order valence-corrected chi connectivity index (χ1v) is 17.5. The molecule has 49 heavy (non-hydrogen) atoms. The number of urea groups is 1. The molecule has 268 valence electrons. The van der Waals surface area contributed by atoms with Gasteiger partial charge >= 0.3 is 12.1 Å². The summed E-state index contributed by atoms with van der Waals surface area (Å²) in [6, 6.07) is 13.0. The number of hydrazine groups is 1. The van der Waals surface area contributed by atoms with Gasteiger partial charge in [0.1, 0.15) is 6.04 Å². The minimum atomic E-state index is -1.13. The van der Waals surface area contributed by atoms with E-state index in [1.54, 1.807) is 47.5 Å². The Kier molecular flexibility index (Phi) is 16.5. The maximum atomic E-state index is 14.5. The molecular formula is C34H47ClN6O7S. The fourth-order valence-corrected chi connectivity index (χ4v) is 6.26. The molecule has 0 saturated heterocycles. The highest BCUT2D eigenvalue weighted by Gasteiger charge is 2.34. The summed E-state index contributed by atoms with van der Waals surface area (Å²) >= 11 is 7.51. The summed E-state index contributed by atoms with van der Waals surface area (Å²) in [5, 5.41) is 21.8. The van der Waals surface area contributed by atoms with Gasteiger partial charge in [-0.25, -0.2) is 14.6 Å². The summed E-state index contributed by atoms with van der Waals surface area (Å²) in [5.74, 6) is -0.815. The SMILES string of the molecule is CCOC(OCC)C(C)N(Cc1csc2ccccc12)C(=O)C(CCCCNC(=O)O)NC(=O)CN(C)NC(=O)NCc1ccc(Cl)cc1. The molecule has 3 aromatic rings. The average molecular weight is 719 g/mol. The molecule has 2 unspecified atom stereocenters. The third kappa shape index (κ3) is 13.1. The van der Waals surface area contributed by atoms with Crippen molar-refractivity contribution in [1.29, 1.82) is 0 Å². The van der Waals surface area contributed by atoms with E-state index in [4.69, 9.17) is 26.2 Å². The number of rotatable bonds is 20. The van der Waals surface area contributed by atoms with Gasteiger partial charge in [0.25, 0.3) is 0 Å². The monoisotopic (exact) mass is 718 g/mol. The fourth-order valence-electron chi connectivity index (χ4n) is 5.18. The van der Waals surface area contributed by atoms with E-state index in [-0.39, 0.29) is 38.5 Å². The molecule has 0 spiro atoms. The molecule has 1 aromatic heterocycles. The van der Waals surface area contributed by atoms with E-state index in [0.29, 0.717) is 31.1 Å². The Morgan fingerprint density at radius 3 is 2.35 bits per heavy atom. The lowest BCUT2D eigenvalue weighted by Gasteiger charge is -2.36. The predicted molar refractivity (Wildman–Crippen MR) is 190 cm³/mol. The number of halogens is 1. The second kappa shape index (κ2) is 20.5. The Labute approximate surface area is 296 Å². The molecule has 0 radical (unpaired) electrons. The zero-order valence-corrected chi connectivity index (χ0v) is 29.9. The highest BCUT2D eigenvalue weighted by molar-refractivity contribution is 7.17. The van der Waals surface area contributed by atoms with Gasteiger partial charge in [-0.15, -0.1) is 11.3 Å². The third-order valence-corrected chi connectivity index (χ3v) is 8.87. The molecule has 15 heteroatoms. The topological polar surface area (TPSA) is 162 Å². The van der Waals surface area contributed by atoms with Crippen LogP contribution < -0.4 is 21.4 Å². The molecule has 0 fully saturated rings. The van der Waals surface area contributed by atoms with E-state index in [9.17, 15) is 19.2 Å². The number of benzene rings is 2. The molecule has 0 aliphatic rings. The number of unbranched alkanes of at least 4 members (excludes halogenated alkanes) is 1. The Morgan fingerprint density at radius 1 is 0.980 bits per heavy atom. The van der Waals surface area contributed by atoms with Crippen molar-refractivity contribution < 1.29 is 33.8 Å². The van der Waals surface area contributed by atoms with Crippen LogP contribution in [0.15, 0.2) is 53.9 Å². The lowest BCUT2D eigenvalue weighted by molar-refractivity contribution is -0.179. The number of carbonyl (C=O) groups excluding carboxylic acids is 3. The average Bonchev–Trinajstić information content (AvgIpc) is 3.48. The van der Waals surface area contributed by atoms with Crippen LogP contribution in [0.25, 0.3) is 10.1 Å². The van der Waals surface area contributed by atoms with Crippen LogP contribution in [0.4, 0.5) is 9.59 Å². The van der Waals surface area contributed by atoms with E-state index in [0.717, 1.165) is 21.2 Å². The molecule has 5 N–H and O–H groups in total. The minimum absolute atomic E-state index is 0.208. The van der Waals surface area contributed by atoms with Crippen LogP contribution in [0.3, 0.4) is 0 Å². The number of thiophene rings is 1. The van der Waals surface area contributed by atoms with Crippen molar-refractivity contribution >= 4 is 57.0 Å². The zero-order valence-electron chi connectivity index (χ0n) is 28.4. The largest absolute Gasteiger partial charge is 0.465 e. The number of likely N-dealkylation sites (N-methyl/N-ethyl adjacent to an activating group) is 1. The molecule has 0 aliphatic carbocycles. The second-order valence-electron chi connectivity index (χ2n) is 11.4. The van der Waals surface area contributed by atoms with Gasteiger partial charge in [-0.1, -0.05) is 41.9 Å². The van der Waals surface area contributed by atoms with Crippen LogP contribution in [-0.4, -0.2) is 90.7 Å². The Morgan fingerprint density at radius 2 is 1.67 bits per heavy atom. The van der Waals surface area contributed by atoms with Gasteiger partial charge in [-0.05, 0) is 80.1 Å². The third-order valence-electron chi connectivity index (χ3n) is 7.60. The first-order valence-electron chi connectivity index (χ1n) is 16.3. The van der Waals surface area contributed by atoms with E-state index in [1.807, 2.05) is 50.4 Å². The first-order chi connectivity index (χ1) is 23.5. The van der Waals surface area contributed by atoms with Gasteiger partial charge in [0.15, 0.2) is 6.29 Å². The van der Waals surface area contributed by atoms with Gasteiger partial charge in [0.2, 0.25) is 11.8 Å². The highest BCUT2D eigenvalue weighted by atomic mass is 35.5. The van der Waals surface area contributed by atoms with Gasteiger partial charge in [-0.3, -0.25) is 15.0 Å². The van der Waals surface area contributed by atoms with E-state index >= 15 is 0 Å².